The van der Waals surface area contributed by atoms with E-state index in [4.69, 9.17) is 18.3 Å². The zero-order valence-electron chi connectivity index (χ0n) is 21.0. The van der Waals surface area contributed by atoms with Gasteiger partial charge in [-0.1, -0.05) is 47.1 Å². The smallest absolute Gasteiger partial charge is 0.338 e. The van der Waals surface area contributed by atoms with Crippen LogP contribution in [0.1, 0.15) is 61.3 Å². The minimum atomic E-state index is -1.94. The van der Waals surface area contributed by atoms with Crippen LogP contribution in [-0.4, -0.2) is 53.6 Å². The van der Waals surface area contributed by atoms with Crippen molar-refractivity contribution in [1.29, 1.82) is 0 Å². The van der Waals surface area contributed by atoms with Crippen LogP contribution in [0.5, 0.6) is 0 Å². The Kier molecular flexibility index (Phi) is 7.57. The van der Waals surface area contributed by atoms with Gasteiger partial charge in [0.05, 0.1) is 18.8 Å². The van der Waals surface area contributed by atoms with Gasteiger partial charge in [-0.25, -0.2) is 4.79 Å². The molecule has 0 bridgehead atoms. The fourth-order valence-electron chi connectivity index (χ4n) is 3.12. The molecule has 2 aliphatic rings. The summed E-state index contributed by atoms with van der Waals surface area (Å²) in [6.45, 7) is 25.4. The molecule has 0 saturated carbocycles. The van der Waals surface area contributed by atoms with Crippen LogP contribution < -0.4 is 0 Å². The third kappa shape index (κ3) is 6.51. The van der Waals surface area contributed by atoms with Crippen molar-refractivity contribution in [2.45, 2.75) is 122 Å². The third-order valence-corrected chi connectivity index (χ3v) is 16.3. The standard InChI is InChI=1S/C23H44O5Si2/c1-16(12-17-14-19-20(27-19)21(24)26-17)13-18(28-30(10,11)23(5,6)7)15-25-29(8,9)22(2,3)4/h12,17-20H,13-15H2,1-11H3/b16-12+/t17-,18+,19-,20-/m1/s1. The lowest BCUT2D eigenvalue weighted by molar-refractivity contribution is -0.149. The summed E-state index contributed by atoms with van der Waals surface area (Å²) in [6, 6.07) is 0. The van der Waals surface area contributed by atoms with Gasteiger partial charge in [-0.15, -0.1) is 0 Å². The lowest BCUT2D eigenvalue weighted by Crippen LogP contribution is -2.48. The minimum absolute atomic E-state index is 0.000447. The van der Waals surface area contributed by atoms with E-state index in [9.17, 15) is 4.79 Å². The van der Waals surface area contributed by atoms with E-state index in [1.54, 1.807) is 0 Å². The van der Waals surface area contributed by atoms with Crippen LogP contribution in [0.2, 0.25) is 36.3 Å². The molecule has 0 unspecified atom stereocenters. The highest BCUT2D eigenvalue weighted by atomic mass is 28.4. The Bertz CT molecular complexity index is 657. The number of ether oxygens (including phenoxy) is 2. The fraction of sp³-hybridized carbons (Fsp3) is 0.870. The van der Waals surface area contributed by atoms with Gasteiger partial charge in [-0.05, 0) is 55.7 Å². The number of fused-ring (bicyclic) bond motifs is 1. The van der Waals surface area contributed by atoms with Crippen LogP contribution >= 0.6 is 0 Å². The van der Waals surface area contributed by atoms with Gasteiger partial charge < -0.3 is 18.3 Å². The van der Waals surface area contributed by atoms with Crippen LogP contribution in [0.4, 0.5) is 0 Å². The van der Waals surface area contributed by atoms with Crippen LogP contribution in [0.3, 0.4) is 0 Å². The van der Waals surface area contributed by atoms with E-state index >= 15 is 0 Å². The van der Waals surface area contributed by atoms with E-state index in [1.165, 1.54) is 5.57 Å². The topological polar surface area (TPSA) is 57.3 Å². The van der Waals surface area contributed by atoms with Crippen molar-refractivity contribution in [1.82, 2.24) is 0 Å². The molecule has 174 valence electrons. The lowest BCUT2D eigenvalue weighted by atomic mass is 10.0. The van der Waals surface area contributed by atoms with Crippen LogP contribution in [-0.2, 0) is 23.1 Å². The third-order valence-electron chi connectivity index (χ3n) is 7.27. The molecule has 0 aliphatic carbocycles. The summed E-state index contributed by atoms with van der Waals surface area (Å²) in [7, 11) is -3.81. The number of carbonyl (C=O) groups is 1. The van der Waals surface area contributed by atoms with Crippen LogP contribution in [0.15, 0.2) is 11.6 Å². The molecule has 2 rings (SSSR count). The zero-order chi connectivity index (χ0) is 23.1. The van der Waals surface area contributed by atoms with Gasteiger partial charge in [-0.2, -0.15) is 0 Å². The first-order valence-corrected chi connectivity index (χ1v) is 17.1. The molecule has 0 aromatic rings. The number of rotatable bonds is 8. The van der Waals surface area contributed by atoms with Crippen LogP contribution in [0.25, 0.3) is 0 Å². The number of hydrogen-bond donors (Lipinski definition) is 0. The molecular formula is C23H44O5Si2. The Morgan fingerprint density at radius 1 is 1.10 bits per heavy atom. The Balaban J connectivity index is 2.09. The second kappa shape index (κ2) is 8.81. The van der Waals surface area contributed by atoms with Crippen LogP contribution in [0, 0.1) is 0 Å². The van der Waals surface area contributed by atoms with E-state index in [0.717, 1.165) is 12.8 Å². The molecule has 2 heterocycles. The molecule has 5 nitrogen and oxygen atoms in total. The molecule has 0 aromatic heterocycles. The molecule has 4 atom stereocenters. The molecular weight excluding hydrogens is 412 g/mol. The highest BCUT2D eigenvalue weighted by molar-refractivity contribution is 6.74. The second-order valence-corrected chi connectivity index (χ2v) is 21.7. The molecule has 7 heteroatoms. The largest absolute Gasteiger partial charge is 0.456 e. The van der Waals surface area contributed by atoms with Gasteiger partial charge >= 0.3 is 5.97 Å². The SMILES string of the molecule is C/C(=C\[C@@H]1C[C@H]2O[C@H]2C(=O)O1)C[C@@H](CO[Si](C)(C)C(C)(C)C)O[Si](C)(C)C(C)(C)C. The maximum Gasteiger partial charge on any atom is 0.338 e. The highest BCUT2D eigenvalue weighted by Gasteiger charge is 2.51. The van der Waals surface area contributed by atoms with Gasteiger partial charge in [0.15, 0.2) is 22.7 Å². The van der Waals surface area contributed by atoms with Crippen molar-refractivity contribution in [3.63, 3.8) is 0 Å². The molecule has 2 fully saturated rings. The van der Waals surface area contributed by atoms with Crippen molar-refractivity contribution in [3.8, 4) is 0 Å². The summed E-state index contributed by atoms with van der Waals surface area (Å²) < 4.78 is 24.2. The number of epoxide rings is 1. The first kappa shape index (κ1) is 25.8. The Morgan fingerprint density at radius 2 is 1.67 bits per heavy atom. The molecule has 2 saturated heterocycles. The summed E-state index contributed by atoms with van der Waals surface area (Å²) in [4.78, 5) is 11.8. The maximum atomic E-state index is 11.8. The van der Waals surface area contributed by atoms with Crippen molar-refractivity contribution in [2.24, 2.45) is 0 Å². The van der Waals surface area contributed by atoms with Gasteiger partial charge in [0.1, 0.15) is 6.10 Å². The predicted octanol–water partition coefficient (Wildman–Crippen LogP) is 5.82. The summed E-state index contributed by atoms with van der Waals surface area (Å²) in [5.74, 6) is -0.226. The summed E-state index contributed by atoms with van der Waals surface area (Å²) in [5.41, 5.74) is 1.18. The average molecular weight is 457 g/mol. The zero-order valence-corrected chi connectivity index (χ0v) is 23.0. The van der Waals surface area contributed by atoms with E-state index in [1.807, 2.05) is 0 Å². The van der Waals surface area contributed by atoms with E-state index in [-0.39, 0.29) is 40.5 Å². The number of carbonyl (C=O) groups excluding carboxylic acids is 1. The molecule has 0 spiro atoms. The fourth-order valence-corrected chi connectivity index (χ4v) is 5.49. The quantitative estimate of drug-likeness (QED) is 0.199. The van der Waals surface area contributed by atoms with Crippen molar-refractivity contribution in [3.05, 3.63) is 11.6 Å². The second-order valence-electron chi connectivity index (χ2n) is 12.1. The normalized spacial score (nSPS) is 26.8. The van der Waals surface area contributed by atoms with Gasteiger partial charge in [0.25, 0.3) is 0 Å². The van der Waals surface area contributed by atoms with Gasteiger partial charge in [-0.3, -0.25) is 0 Å². The highest BCUT2D eigenvalue weighted by Crippen LogP contribution is 2.40. The number of hydrogen-bond acceptors (Lipinski definition) is 5. The molecule has 2 aliphatic heterocycles. The maximum absolute atomic E-state index is 11.8. The number of esters is 1. The van der Waals surface area contributed by atoms with Crippen molar-refractivity contribution < 1.29 is 23.1 Å². The monoisotopic (exact) mass is 456 g/mol. The first-order chi connectivity index (χ1) is 13.4. The molecule has 0 aromatic carbocycles. The lowest BCUT2D eigenvalue weighted by Gasteiger charge is -2.41. The Labute approximate surface area is 186 Å². The van der Waals surface area contributed by atoms with E-state index < -0.39 is 16.6 Å². The Morgan fingerprint density at radius 3 is 2.17 bits per heavy atom. The predicted molar refractivity (Wildman–Crippen MR) is 127 cm³/mol. The van der Waals surface area contributed by atoms with E-state index in [2.05, 4.69) is 80.7 Å². The summed E-state index contributed by atoms with van der Waals surface area (Å²) in [5, 5.41) is 0.299. The van der Waals surface area contributed by atoms with Gasteiger partial charge in [0, 0.05) is 6.42 Å². The average Bonchev–Trinajstić information content (AvgIpc) is 3.30. The first-order valence-electron chi connectivity index (χ1n) is 11.3. The molecule has 0 radical (unpaired) electrons. The molecule has 30 heavy (non-hydrogen) atoms. The molecule has 0 N–H and O–H groups in total. The summed E-state index contributed by atoms with van der Waals surface area (Å²) >= 11 is 0. The number of cyclic esters (lactones) is 1. The molecule has 0 amide bonds. The summed E-state index contributed by atoms with van der Waals surface area (Å²) in [6.07, 6.45) is 3.14. The Hall–Kier alpha value is -0.476. The van der Waals surface area contributed by atoms with Crippen molar-refractivity contribution >= 4 is 22.6 Å². The van der Waals surface area contributed by atoms with Crippen molar-refractivity contribution in [2.75, 3.05) is 6.61 Å². The van der Waals surface area contributed by atoms with Gasteiger partial charge in [0.2, 0.25) is 0 Å². The minimum Gasteiger partial charge on any atom is -0.456 e. The van der Waals surface area contributed by atoms with E-state index in [0.29, 0.717) is 6.61 Å².